The number of carbonyl (C=O) groups is 1. The molecule has 5 heteroatoms. The predicted octanol–water partition coefficient (Wildman–Crippen LogP) is 4.25. The third-order valence-electron chi connectivity index (χ3n) is 4.00. The van der Waals surface area contributed by atoms with E-state index >= 15 is 0 Å². The molecular weight excluding hydrogens is 314 g/mol. The largest absolute Gasteiger partial charge is 0.486 e. The van der Waals surface area contributed by atoms with Crippen molar-refractivity contribution in [3.63, 3.8) is 0 Å². The van der Waals surface area contributed by atoms with Crippen molar-refractivity contribution < 1.29 is 9.53 Å². The molecule has 2 rings (SSSR count). The second-order valence-electron chi connectivity index (χ2n) is 6.94. The van der Waals surface area contributed by atoms with Gasteiger partial charge in [-0.2, -0.15) is 0 Å². The monoisotopic (exact) mass is 343 g/mol. The standard InChI is InChI=1S/C20H29N3O2/c1-7-16-20(22(6)18(24)13-15(4)5)23-11-8-9-17(19(23)21-16)25-12-10-14(2)3/h8-11,15H,7,12-13H2,1-6H3. The van der Waals surface area contributed by atoms with Gasteiger partial charge in [-0.3, -0.25) is 14.1 Å². The van der Waals surface area contributed by atoms with Gasteiger partial charge in [0.1, 0.15) is 12.4 Å². The fraction of sp³-hybridized carbons (Fsp3) is 0.500. The summed E-state index contributed by atoms with van der Waals surface area (Å²) in [6.07, 6.45) is 5.24. The predicted molar refractivity (Wildman–Crippen MR) is 102 cm³/mol. The zero-order valence-corrected chi connectivity index (χ0v) is 16.2. The maximum Gasteiger partial charge on any atom is 0.228 e. The summed E-state index contributed by atoms with van der Waals surface area (Å²) in [5.41, 5.74) is 2.86. The van der Waals surface area contributed by atoms with Crippen LogP contribution in [0.25, 0.3) is 5.65 Å². The fourth-order valence-corrected chi connectivity index (χ4v) is 2.68. The van der Waals surface area contributed by atoms with Crippen molar-refractivity contribution in [2.24, 2.45) is 5.92 Å². The highest BCUT2D eigenvalue weighted by Gasteiger charge is 2.21. The highest BCUT2D eigenvalue weighted by Crippen LogP contribution is 2.28. The number of imidazole rings is 1. The zero-order chi connectivity index (χ0) is 18.6. The summed E-state index contributed by atoms with van der Waals surface area (Å²) in [6, 6.07) is 3.84. The first-order valence-electron chi connectivity index (χ1n) is 8.87. The molecule has 0 saturated heterocycles. The molecule has 1 amide bonds. The summed E-state index contributed by atoms with van der Waals surface area (Å²) in [6.45, 7) is 10.7. The number of anilines is 1. The van der Waals surface area contributed by atoms with Crippen LogP contribution < -0.4 is 9.64 Å². The average molecular weight is 343 g/mol. The first-order valence-corrected chi connectivity index (χ1v) is 8.87. The quantitative estimate of drug-likeness (QED) is 0.706. The van der Waals surface area contributed by atoms with E-state index in [1.54, 1.807) is 4.90 Å². The van der Waals surface area contributed by atoms with Gasteiger partial charge in [0, 0.05) is 19.7 Å². The lowest BCUT2D eigenvalue weighted by molar-refractivity contribution is -0.119. The van der Waals surface area contributed by atoms with Gasteiger partial charge in [0.15, 0.2) is 11.4 Å². The third-order valence-corrected chi connectivity index (χ3v) is 4.00. The van der Waals surface area contributed by atoms with Crippen molar-refractivity contribution in [2.45, 2.75) is 47.5 Å². The van der Waals surface area contributed by atoms with Crippen molar-refractivity contribution >= 4 is 17.4 Å². The van der Waals surface area contributed by atoms with Crippen LogP contribution in [0.2, 0.25) is 0 Å². The summed E-state index contributed by atoms with van der Waals surface area (Å²) in [5, 5.41) is 0. The number of hydrogen-bond donors (Lipinski definition) is 0. The number of carbonyl (C=O) groups excluding carboxylic acids is 1. The maximum atomic E-state index is 12.5. The molecule has 2 heterocycles. The Bertz CT molecular complexity index is 771. The van der Waals surface area contributed by atoms with Gasteiger partial charge in [-0.25, -0.2) is 4.98 Å². The molecule has 0 fully saturated rings. The van der Waals surface area contributed by atoms with Crippen molar-refractivity contribution in [3.8, 4) is 5.75 Å². The smallest absolute Gasteiger partial charge is 0.228 e. The lowest BCUT2D eigenvalue weighted by atomic mass is 10.1. The maximum absolute atomic E-state index is 12.5. The minimum absolute atomic E-state index is 0.0994. The molecule has 0 radical (unpaired) electrons. The first-order chi connectivity index (χ1) is 11.8. The number of amides is 1. The molecule has 0 aliphatic carbocycles. The van der Waals surface area contributed by atoms with E-state index in [0.29, 0.717) is 18.9 Å². The van der Waals surface area contributed by atoms with Crippen LogP contribution in [-0.2, 0) is 11.2 Å². The van der Waals surface area contributed by atoms with Gasteiger partial charge in [0.05, 0.1) is 5.69 Å². The average Bonchev–Trinajstić information content (AvgIpc) is 2.92. The summed E-state index contributed by atoms with van der Waals surface area (Å²) in [5.74, 6) is 1.98. The minimum Gasteiger partial charge on any atom is -0.486 e. The third kappa shape index (κ3) is 4.41. The van der Waals surface area contributed by atoms with Gasteiger partial charge in [-0.15, -0.1) is 0 Å². The van der Waals surface area contributed by atoms with E-state index in [1.165, 1.54) is 5.57 Å². The molecule has 136 valence electrons. The molecule has 0 atom stereocenters. The topological polar surface area (TPSA) is 46.8 Å². The van der Waals surface area contributed by atoms with Crippen LogP contribution in [0, 0.1) is 5.92 Å². The molecule has 0 spiro atoms. The second-order valence-corrected chi connectivity index (χ2v) is 6.94. The van der Waals surface area contributed by atoms with E-state index in [4.69, 9.17) is 9.72 Å². The van der Waals surface area contributed by atoms with Crippen LogP contribution in [0.1, 0.15) is 46.7 Å². The number of allylic oxidation sites excluding steroid dienone is 1. The number of pyridine rings is 1. The van der Waals surface area contributed by atoms with E-state index in [0.717, 1.165) is 29.3 Å². The van der Waals surface area contributed by atoms with Crippen LogP contribution in [0.5, 0.6) is 5.75 Å². The molecule has 2 aromatic heterocycles. The van der Waals surface area contributed by atoms with Gasteiger partial charge < -0.3 is 4.74 Å². The number of fused-ring (bicyclic) bond motifs is 1. The van der Waals surface area contributed by atoms with Crippen molar-refractivity contribution in [2.75, 3.05) is 18.6 Å². The number of aromatic nitrogens is 2. The molecular formula is C20H29N3O2. The second kappa shape index (κ2) is 8.19. The highest BCUT2D eigenvalue weighted by atomic mass is 16.5. The van der Waals surface area contributed by atoms with Crippen LogP contribution in [0.15, 0.2) is 30.0 Å². The minimum atomic E-state index is 0.0994. The van der Waals surface area contributed by atoms with Crippen molar-refractivity contribution in [1.82, 2.24) is 9.38 Å². The van der Waals surface area contributed by atoms with E-state index < -0.39 is 0 Å². The summed E-state index contributed by atoms with van der Waals surface area (Å²) in [4.78, 5) is 19.0. The Balaban J connectivity index is 2.43. The zero-order valence-electron chi connectivity index (χ0n) is 16.2. The van der Waals surface area contributed by atoms with Crippen LogP contribution in [0.3, 0.4) is 0 Å². The van der Waals surface area contributed by atoms with Gasteiger partial charge in [-0.05, 0) is 44.4 Å². The van der Waals surface area contributed by atoms with Crippen LogP contribution in [0.4, 0.5) is 5.82 Å². The summed E-state index contributed by atoms with van der Waals surface area (Å²) < 4.78 is 7.84. The Morgan fingerprint density at radius 1 is 1.40 bits per heavy atom. The van der Waals surface area contributed by atoms with Crippen LogP contribution in [-0.4, -0.2) is 28.9 Å². The van der Waals surface area contributed by atoms with Gasteiger partial charge in [0.25, 0.3) is 0 Å². The van der Waals surface area contributed by atoms with E-state index in [-0.39, 0.29) is 5.91 Å². The molecule has 0 aromatic carbocycles. The number of ether oxygens (including phenoxy) is 1. The molecule has 25 heavy (non-hydrogen) atoms. The number of hydrogen-bond acceptors (Lipinski definition) is 3. The normalized spacial score (nSPS) is 11.0. The summed E-state index contributed by atoms with van der Waals surface area (Å²) >= 11 is 0. The lowest BCUT2D eigenvalue weighted by Gasteiger charge is -2.19. The number of aryl methyl sites for hydroxylation is 1. The Morgan fingerprint density at radius 3 is 2.72 bits per heavy atom. The van der Waals surface area contributed by atoms with Gasteiger partial charge >= 0.3 is 0 Å². The Hall–Kier alpha value is -2.30. The molecule has 0 N–H and O–H groups in total. The molecule has 0 aliphatic rings. The molecule has 0 aliphatic heterocycles. The van der Waals surface area contributed by atoms with Gasteiger partial charge in [0.2, 0.25) is 5.91 Å². The summed E-state index contributed by atoms with van der Waals surface area (Å²) in [7, 11) is 1.82. The number of rotatable bonds is 7. The fourth-order valence-electron chi connectivity index (χ4n) is 2.68. The van der Waals surface area contributed by atoms with Crippen molar-refractivity contribution in [3.05, 3.63) is 35.7 Å². The van der Waals surface area contributed by atoms with E-state index in [1.807, 2.05) is 49.7 Å². The molecule has 0 unspecified atom stereocenters. The van der Waals surface area contributed by atoms with Crippen molar-refractivity contribution in [1.29, 1.82) is 0 Å². The Labute approximate surface area is 150 Å². The van der Waals surface area contributed by atoms with E-state index in [9.17, 15) is 4.79 Å². The highest BCUT2D eigenvalue weighted by molar-refractivity contribution is 5.93. The lowest BCUT2D eigenvalue weighted by Crippen LogP contribution is -2.29. The number of nitrogens with zero attached hydrogens (tertiary/aromatic N) is 3. The molecule has 2 aromatic rings. The Morgan fingerprint density at radius 2 is 2.12 bits per heavy atom. The van der Waals surface area contributed by atoms with Gasteiger partial charge in [-0.1, -0.05) is 26.3 Å². The SMILES string of the molecule is CCc1nc2c(OCC=C(C)C)cccn2c1N(C)C(=O)CC(C)C. The van der Waals surface area contributed by atoms with E-state index in [2.05, 4.69) is 20.8 Å². The molecule has 0 bridgehead atoms. The van der Waals surface area contributed by atoms with Crippen LogP contribution >= 0.6 is 0 Å². The molecule has 0 saturated carbocycles. The molecule has 5 nitrogen and oxygen atoms in total. The Kier molecular flexibility index (Phi) is 6.23. The first kappa shape index (κ1) is 19.0.